The van der Waals surface area contributed by atoms with Crippen molar-refractivity contribution >= 4 is 15.9 Å². The monoisotopic (exact) mass is 547 g/mol. The molecule has 39 heavy (non-hydrogen) atoms. The van der Waals surface area contributed by atoms with Crippen LogP contribution in [0.3, 0.4) is 0 Å². The summed E-state index contributed by atoms with van der Waals surface area (Å²) in [4.78, 5) is 15.6. The summed E-state index contributed by atoms with van der Waals surface area (Å²) in [5.74, 6) is -0.466. The number of rotatable bonds is 6. The first kappa shape index (κ1) is 28.5. The molecule has 3 atom stereocenters. The number of nitrogens with zero attached hydrogens (tertiary/aromatic N) is 3. The standard InChI is InChI=1S/C30H33N3O5S/c1-21-17-33(22(2)19-34)30(35)28-11-7-6-10-27(28)26-9-5-4-8-24(26)20-38-29(21)18-32(3)39(36,37)25-14-12-23(16-31)13-15-25/h4-15,21-22,29,34H,17-20H2,1-3H3/t21-,22-,29+/m0/s1. The van der Waals surface area contributed by atoms with Crippen LogP contribution in [0.15, 0.2) is 77.7 Å². The molecule has 0 fully saturated rings. The van der Waals surface area contributed by atoms with E-state index in [0.29, 0.717) is 11.1 Å². The van der Waals surface area contributed by atoms with Crippen LogP contribution in [-0.2, 0) is 21.4 Å². The van der Waals surface area contributed by atoms with Gasteiger partial charge in [0.1, 0.15) is 0 Å². The molecule has 1 aliphatic rings. The van der Waals surface area contributed by atoms with Crippen molar-refractivity contribution in [2.75, 3.05) is 26.7 Å². The Kier molecular flexibility index (Phi) is 8.83. The molecule has 1 aliphatic heterocycles. The van der Waals surface area contributed by atoms with Gasteiger partial charge in [0, 0.05) is 31.6 Å². The van der Waals surface area contributed by atoms with E-state index in [1.807, 2.05) is 55.5 Å². The second-order valence-electron chi connectivity index (χ2n) is 9.94. The van der Waals surface area contributed by atoms with Crippen LogP contribution in [-0.4, -0.2) is 67.5 Å². The molecule has 0 bridgehead atoms. The van der Waals surface area contributed by atoms with Gasteiger partial charge in [0.15, 0.2) is 0 Å². The third kappa shape index (κ3) is 6.05. The van der Waals surface area contributed by atoms with Crippen LogP contribution >= 0.6 is 0 Å². The first-order valence-corrected chi connectivity index (χ1v) is 14.3. The molecule has 0 aliphatic carbocycles. The maximum Gasteiger partial charge on any atom is 0.254 e. The predicted octanol–water partition coefficient (Wildman–Crippen LogP) is 3.90. The van der Waals surface area contributed by atoms with Crippen LogP contribution in [0.1, 0.15) is 35.3 Å². The van der Waals surface area contributed by atoms with E-state index in [4.69, 9.17) is 10.00 Å². The van der Waals surface area contributed by atoms with Crippen LogP contribution in [0.25, 0.3) is 11.1 Å². The van der Waals surface area contributed by atoms with Gasteiger partial charge in [0.05, 0.1) is 41.9 Å². The number of nitriles is 1. The lowest BCUT2D eigenvalue weighted by Crippen LogP contribution is -2.47. The molecule has 1 amide bonds. The summed E-state index contributed by atoms with van der Waals surface area (Å²) >= 11 is 0. The van der Waals surface area contributed by atoms with Crippen molar-refractivity contribution in [1.29, 1.82) is 5.26 Å². The largest absolute Gasteiger partial charge is 0.394 e. The smallest absolute Gasteiger partial charge is 0.254 e. The predicted molar refractivity (Wildman–Crippen MR) is 148 cm³/mol. The Morgan fingerprint density at radius 1 is 1.05 bits per heavy atom. The number of aliphatic hydroxyl groups is 1. The first-order valence-electron chi connectivity index (χ1n) is 12.8. The van der Waals surface area contributed by atoms with E-state index in [1.165, 1.54) is 35.6 Å². The van der Waals surface area contributed by atoms with Crippen molar-refractivity contribution in [1.82, 2.24) is 9.21 Å². The zero-order valence-corrected chi connectivity index (χ0v) is 23.1. The van der Waals surface area contributed by atoms with E-state index in [2.05, 4.69) is 0 Å². The lowest BCUT2D eigenvalue weighted by Gasteiger charge is -2.35. The number of carbonyl (C=O) groups is 1. The van der Waals surface area contributed by atoms with E-state index in [0.717, 1.165) is 16.7 Å². The van der Waals surface area contributed by atoms with Gasteiger partial charge in [-0.2, -0.15) is 9.57 Å². The van der Waals surface area contributed by atoms with Gasteiger partial charge < -0.3 is 14.7 Å². The van der Waals surface area contributed by atoms with Crippen molar-refractivity contribution in [2.45, 2.75) is 37.5 Å². The summed E-state index contributed by atoms with van der Waals surface area (Å²) in [6.07, 6.45) is -0.557. The Labute approximate surface area is 230 Å². The summed E-state index contributed by atoms with van der Waals surface area (Å²) in [5.41, 5.74) is 3.44. The van der Waals surface area contributed by atoms with Crippen LogP contribution in [0, 0.1) is 17.2 Å². The number of benzene rings is 3. The van der Waals surface area contributed by atoms with E-state index in [-0.39, 0.29) is 43.0 Å². The summed E-state index contributed by atoms with van der Waals surface area (Å²) in [7, 11) is -2.36. The molecule has 0 radical (unpaired) electrons. The molecule has 9 heteroatoms. The van der Waals surface area contributed by atoms with Crippen LogP contribution in [0.5, 0.6) is 0 Å². The first-order chi connectivity index (χ1) is 18.7. The SMILES string of the molecule is C[C@H]1CN([C@@H](C)CO)C(=O)c2ccccc2-c2ccccc2CO[C@@H]1CN(C)S(=O)(=O)c1ccc(C#N)cc1. The molecular formula is C30H33N3O5S. The van der Waals surface area contributed by atoms with Crippen molar-refractivity contribution in [2.24, 2.45) is 5.92 Å². The second-order valence-corrected chi connectivity index (χ2v) is 12.0. The Morgan fingerprint density at radius 3 is 2.31 bits per heavy atom. The molecule has 1 N–H and O–H groups in total. The van der Waals surface area contributed by atoms with Crippen LogP contribution in [0.4, 0.5) is 0 Å². The minimum absolute atomic E-state index is 0.0498. The molecular weight excluding hydrogens is 514 g/mol. The number of fused-ring (bicyclic) bond motifs is 3. The van der Waals surface area contributed by atoms with Gasteiger partial charge in [-0.15, -0.1) is 0 Å². The Hall–Kier alpha value is -3.55. The van der Waals surface area contributed by atoms with Gasteiger partial charge >= 0.3 is 0 Å². The third-order valence-corrected chi connectivity index (χ3v) is 9.06. The lowest BCUT2D eigenvalue weighted by molar-refractivity contribution is -0.0146. The van der Waals surface area contributed by atoms with Crippen LogP contribution < -0.4 is 0 Å². The number of likely N-dealkylation sites (N-methyl/N-ethyl adjacent to an activating group) is 1. The van der Waals surface area contributed by atoms with Gasteiger partial charge in [0.2, 0.25) is 10.0 Å². The topological polar surface area (TPSA) is 111 Å². The fourth-order valence-corrected chi connectivity index (χ4v) is 5.97. The van der Waals surface area contributed by atoms with Crippen molar-refractivity contribution in [3.63, 3.8) is 0 Å². The molecule has 0 unspecified atom stereocenters. The van der Waals surface area contributed by atoms with E-state index >= 15 is 0 Å². The Bertz CT molecular complexity index is 1470. The highest BCUT2D eigenvalue weighted by molar-refractivity contribution is 7.89. The fraction of sp³-hybridized carbons (Fsp3) is 0.333. The summed E-state index contributed by atoms with van der Waals surface area (Å²) in [6, 6.07) is 22.5. The van der Waals surface area contributed by atoms with Crippen molar-refractivity contribution < 1.29 is 23.1 Å². The number of carbonyl (C=O) groups excluding carboxylic acids is 1. The minimum Gasteiger partial charge on any atom is -0.394 e. The van der Waals surface area contributed by atoms with E-state index < -0.39 is 22.2 Å². The third-order valence-electron chi connectivity index (χ3n) is 7.22. The number of aliphatic hydroxyl groups excluding tert-OH is 1. The molecule has 3 aromatic rings. The summed E-state index contributed by atoms with van der Waals surface area (Å²) in [6.45, 7) is 4.05. The highest BCUT2D eigenvalue weighted by Crippen LogP contribution is 2.31. The number of sulfonamides is 1. The summed E-state index contributed by atoms with van der Waals surface area (Å²) in [5, 5.41) is 19.0. The number of ether oxygens (including phenoxy) is 1. The zero-order valence-electron chi connectivity index (χ0n) is 22.3. The second kappa shape index (κ2) is 12.1. The fourth-order valence-electron chi connectivity index (χ4n) is 4.78. The highest BCUT2D eigenvalue weighted by atomic mass is 32.2. The highest BCUT2D eigenvalue weighted by Gasteiger charge is 2.32. The number of amides is 1. The zero-order chi connectivity index (χ0) is 28.2. The van der Waals surface area contributed by atoms with Crippen molar-refractivity contribution in [3.8, 4) is 17.2 Å². The Balaban J connectivity index is 1.72. The lowest BCUT2D eigenvalue weighted by atomic mass is 9.94. The molecule has 0 aromatic heterocycles. The quantitative estimate of drug-likeness (QED) is 0.501. The molecule has 1 heterocycles. The molecule has 0 spiro atoms. The molecule has 204 valence electrons. The average Bonchev–Trinajstić information content (AvgIpc) is 2.98. The Morgan fingerprint density at radius 2 is 1.67 bits per heavy atom. The van der Waals surface area contributed by atoms with E-state index in [1.54, 1.807) is 17.9 Å². The van der Waals surface area contributed by atoms with Gasteiger partial charge in [0.25, 0.3) is 5.91 Å². The van der Waals surface area contributed by atoms with E-state index in [9.17, 15) is 18.3 Å². The summed E-state index contributed by atoms with van der Waals surface area (Å²) < 4.78 is 34.4. The van der Waals surface area contributed by atoms with Gasteiger partial charge in [-0.25, -0.2) is 8.42 Å². The van der Waals surface area contributed by atoms with Gasteiger partial charge in [-0.05, 0) is 53.9 Å². The van der Waals surface area contributed by atoms with Gasteiger partial charge in [-0.1, -0.05) is 49.4 Å². The van der Waals surface area contributed by atoms with Crippen LogP contribution in [0.2, 0.25) is 0 Å². The maximum absolute atomic E-state index is 13.9. The number of hydrogen-bond acceptors (Lipinski definition) is 6. The number of hydrogen-bond donors (Lipinski definition) is 1. The molecule has 0 saturated carbocycles. The minimum atomic E-state index is -3.86. The molecule has 4 rings (SSSR count). The molecule has 8 nitrogen and oxygen atoms in total. The normalized spacial score (nSPS) is 19.0. The van der Waals surface area contributed by atoms with Crippen molar-refractivity contribution in [3.05, 3.63) is 89.5 Å². The molecule has 0 saturated heterocycles. The maximum atomic E-state index is 13.9. The average molecular weight is 548 g/mol. The van der Waals surface area contributed by atoms with Gasteiger partial charge in [-0.3, -0.25) is 4.79 Å². The molecule has 3 aromatic carbocycles.